The van der Waals surface area contributed by atoms with Gasteiger partial charge in [0.1, 0.15) is 24.9 Å². The van der Waals surface area contributed by atoms with Gasteiger partial charge in [-0.1, -0.05) is 196 Å². The summed E-state index contributed by atoms with van der Waals surface area (Å²) in [5.74, 6) is -2.49. The minimum atomic E-state index is -1.87. The average molecular weight is 957 g/mol. The highest BCUT2D eigenvalue weighted by atomic mass is 16.7. The van der Waals surface area contributed by atoms with E-state index in [1.165, 1.54) is 109 Å². The van der Waals surface area contributed by atoms with E-state index in [-0.39, 0.29) is 19.4 Å². The lowest BCUT2D eigenvalue weighted by Crippen LogP contribution is -2.60. The number of hydrogen-bond donors (Lipinski definition) is 4. The number of carbonyl (C=O) groups excluding carboxylic acids is 2. The maximum atomic E-state index is 12.9. The van der Waals surface area contributed by atoms with E-state index in [1.807, 2.05) is 0 Å². The molecule has 68 heavy (non-hydrogen) atoms. The van der Waals surface area contributed by atoms with Crippen LogP contribution < -0.4 is 0 Å². The SMILES string of the molecule is CC/C=C\C/C=C\C/C=C\C/C=C\C/C=C\CCCCCC(=O)OCC(COC1OC(C(=O)O)C(O)C(O)C1O)OC(=O)CCCCCCCCCCCCC/C=C\CCCCCCCCCC. The highest BCUT2D eigenvalue weighted by molar-refractivity contribution is 5.73. The second-order valence-electron chi connectivity index (χ2n) is 18.3. The fraction of sp³-hybridized carbons (Fsp3) is 0.737. The normalized spacial score (nSPS) is 19.5. The molecule has 4 N–H and O–H groups in total. The fourth-order valence-electron chi connectivity index (χ4n) is 7.84. The molecule has 6 unspecified atom stereocenters. The molecule has 0 radical (unpaired) electrons. The topological polar surface area (TPSA) is 169 Å². The molecule has 1 fully saturated rings. The van der Waals surface area contributed by atoms with Crippen LogP contribution in [0, 0.1) is 0 Å². The lowest BCUT2D eigenvalue weighted by Gasteiger charge is -2.38. The zero-order chi connectivity index (χ0) is 49.6. The van der Waals surface area contributed by atoms with Crippen LogP contribution in [0.1, 0.15) is 219 Å². The molecule has 0 aromatic heterocycles. The Morgan fingerprint density at radius 2 is 0.868 bits per heavy atom. The number of hydrogen-bond acceptors (Lipinski definition) is 10. The third kappa shape index (κ3) is 36.6. The monoisotopic (exact) mass is 957 g/mol. The predicted octanol–water partition coefficient (Wildman–Crippen LogP) is 13.2. The number of esters is 2. The molecule has 0 amide bonds. The fourth-order valence-corrected chi connectivity index (χ4v) is 7.84. The molecule has 6 atom stereocenters. The second kappa shape index (κ2) is 46.1. The van der Waals surface area contributed by atoms with E-state index in [0.717, 1.165) is 70.6 Å². The van der Waals surface area contributed by atoms with Gasteiger partial charge in [0, 0.05) is 12.8 Å². The van der Waals surface area contributed by atoms with Gasteiger partial charge in [0.2, 0.25) is 0 Å². The van der Waals surface area contributed by atoms with E-state index >= 15 is 0 Å². The van der Waals surface area contributed by atoms with Crippen molar-refractivity contribution in [2.45, 2.75) is 256 Å². The van der Waals surface area contributed by atoms with E-state index in [4.69, 9.17) is 18.9 Å². The largest absolute Gasteiger partial charge is 0.479 e. The molecule has 390 valence electrons. The van der Waals surface area contributed by atoms with Gasteiger partial charge in [-0.3, -0.25) is 9.59 Å². The van der Waals surface area contributed by atoms with Crippen LogP contribution in [0.15, 0.2) is 72.9 Å². The van der Waals surface area contributed by atoms with Crippen LogP contribution in [0.3, 0.4) is 0 Å². The molecule has 11 nitrogen and oxygen atoms in total. The molecule has 0 aromatic rings. The molecule has 0 aromatic carbocycles. The van der Waals surface area contributed by atoms with Gasteiger partial charge in [-0.15, -0.1) is 0 Å². The van der Waals surface area contributed by atoms with Crippen LogP contribution in [0.2, 0.25) is 0 Å². The Morgan fingerprint density at radius 3 is 1.34 bits per heavy atom. The first-order valence-electron chi connectivity index (χ1n) is 27.0. The number of aliphatic hydroxyl groups is 3. The Kier molecular flexibility index (Phi) is 42.4. The summed E-state index contributed by atoms with van der Waals surface area (Å²) in [5.41, 5.74) is 0. The summed E-state index contributed by atoms with van der Waals surface area (Å²) in [6, 6.07) is 0. The van der Waals surface area contributed by atoms with E-state index in [1.54, 1.807) is 0 Å². The van der Waals surface area contributed by atoms with E-state index in [9.17, 15) is 34.8 Å². The van der Waals surface area contributed by atoms with Crippen LogP contribution in [0.5, 0.6) is 0 Å². The summed E-state index contributed by atoms with van der Waals surface area (Å²) >= 11 is 0. The molecule has 1 aliphatic rings. The van der Waals surface area contributed by atoms with Crippen LogP contribution in [0.4, 0.5) is 0 Å². The Labute approximate surface area is 412 Å². The molecule has 1 aliphatic heterocycles. The third-order valence-electron chi connectivity index (χ3n) is 12.0. The quantitative estimate of drug-likeness (QED) is 0.0260. The number of aliphatic hydroxyl groups excluding tert-OH is 3. The van der Waals surface area contributed by atoms with E-state index in [2.05, 4.69) is 86.8 Å². The number of unbranched alkanes of at least 4 members (excludes halogenated alkanes) is 22. The Morgan fingerprint density at radius 1 is 0.471 bits per heavy atom. The lowest BCUT2D eigenvalue weighted by atomic mass is 9.99. The van der Waals surface area contributed by atoms with Gasteiger partial charge in [-0.25, -0.2) is 4.79 Å². The van der Waals surface area contributed by atoms with Crippen molar-refractivity contribution in [1.82, 2.24) is 0 Å². The Balaban J connectivity index is 2.30. The number of rotatable bonds is 45. The van der Waals surface area contributed by atoms with E-state index < -0.39 is 61.3 Å². The lowest BCUT2D eigenvalue weighted by molar-refractivity contribution is -0.298. The first kappa shape index (κ1) is 62.7. The number of allylic oxidation sites excluding steroid dienone is 12. The molecular formula is C57H96O11. The minimum absolute atomic E-state index is 0.172. The van der Waals surface area contributed by atoms with Crippen LogP contribution >= 0.6 is 0 Å². The summed E-state index contributed by atoms with van der Waals surface area (Å²) in [6.07, 6.45) is 51.0. The molecule has 1 heterocycles. The average Bonchev–Trinajstić information content (AvgIpc) is 3.32. The molecule has 11 heteroatoms. The van der Waals surface area contributed by atoms with Gasteiger partial charge in [0.15, 0.2) is 18.5 Å². The molecule has 0 aliphatic carbocycles. The number of carboxylic acid groups (broad SMARTS) is 1. The zero-order valence-electron chi connectivity index (χ0n) is 42.6. The third-order valence-corrected chi connectivity index (χ3v) is 12.0. The van der Waals surface area contributed by atoms with Crippen LogP contribution in [-0.2, 0) is 33.3 Å². The van der Waals surface area contributed by atoms with Crippen molar-refractivity contribution in [2.75, 3.05) is 13.2 Å². The number of carboxylic acids is 1. The standard InChI is InChI=1S/C57H96O11/c1-3-5-7-9-11-13-15-17-19-21-23-24-25-26-28-30-32-34-36-38-40-42-44-46-51(59)67-49(48-66-57-54(62)52(60)53(61)55(68-57)56(63)64)47-65-50(58)45-43-41-39-37-35-33-31-29-27-22-20-18-16-14-12-10-8-6-4-2/h6,8,12,14,18,20-21,23,27,29,33,35,49,52-55,57,60-62H,3-5,7,9-11,13,15-17,19,22,24-26,28,30-32,34,36-48H2,1-2H3,(H,63,64)/b8-6-,14-12-,20-18-,23-21-,29-27-,35-33-. The van der Waals surface area contributed by atoms with Crippen molar-refractivity contribution in [2.24, 2.45) is 0 Å². The molecule has 0 saturated carbocycles. The maximum Gasteiger partial charge on any atom is 0.335 e. The molecule has 0 spiro atoms. The Hall–Kier alpha value is -3.35. The van der Waals surface area contributed by atoms with Crippen LogP contribution in [0.25, 0.3) is 0 Å². The highest BCUT2D eigenvalue weighted by Gasteiger charge is 2.47. The van der Waals surface area contributed by atoms with Gasteiger partial charge in [0.05, 0.1) is 6.61 Å². The zero-order valence-corrected chi connectivity index (χ0v) is 42.6. The van der Waals surface area contributed by atoms with Crippen molar-refractivity contribution in [3.8, 4) is 0 Å². The van der Waals surface area contributed by atoms with Gasteiger partial charge in [0.25, 0.3) is 0 Å². The highest BCUT2D eigenvalue weighted by Crippen LogP contribution is 2.23. The van der Waals surface area contributed by atoms with Gasteiger partial charge < -0.3 is 39.4 Å². The van der Waals surface area contributed by atoms with Crippen molar-refractivity contribution in [3.63, 3.8) is 0 Å². The van der Waals surface area contributed by atoms with Gasteiger partial charge in [-0.05, 0) is 83.5 Å². The molecule has 1 saturated heterocycles. The molecule has 0 bridgehead atoms. The minimum Gasteiger partial charge on any atom is -0.479 e. The summed E-state index contributed by atoms with van der Waals surface area (Å²) in [4.78, 5) is 37.0. The number of carbonyl (C=O) groups is 3. The Bertz CT molecular complexity index is 1400. The summed E-state index contributed by atoms with van der Waals surface area (Å²) in [6.45, 7) is 3.69. The summed E-state index contributed by atoms with van der Waals surface area (Å²) in [5, 5.41) is 40.0. The first-order chi connectivity index (χ1) is 33.2. The van der Waals surface area contributed by atoms with Crippen molar-refractivity contribution < 1.29 is 53.8 Å². The summed E-state index contributed by atoms with van der Waals surface area (Å²) < 4.78 is 21.8. The number of ether oxygens (including phenoxy) is 4. The smallest absolute Gasteiger partial charge is 0.335 e. The predicted molar refractivity (Wildman–Crippen MR) is 275 cm³/mol. The first-order valence-corrected chi connectivity index (χ1v) is 27.0. The van der Waals surface area contributed by atoms with Gasteiger partial charge >= 0.3 is 17.9 Å². The maximum absolute atomic E-state index is 12.9. The van der Waals surface area contributed by atoms with Crippen molar-refractivity contribution in [1.29, 1.82) is 0 Å². The second-order valence-corrected chi connectivity index (χ2v) is 18.3. The summed E-state index contributed by atoms with van der Waals surface area (Å²) in [7, 11) is 0. The van der Waals surface area contributed by atoms with Crippen LogP contribution in [-0.4, -0.2) is 88.4 Å². The number of aliphatic carboxylic acids is 1. The molecule has 1 rings (SSSR count). The van der Waals surface area contributed by atoms with E-state index in [0.29, 0.717) is 12.8 Å². The van der Waals surface area contributed by atoms with Crippen molar-refractivity contribution >= 4 is 17.9 Å². The molecular weight excluding hydrogens is 861 g/mol. The van der Waals surface area contributed by atoms with Crippen molar-refractivity contribution in [3.05, 3.63) is 72.9 Å². The van der Waals surface area contributed by atoms with Gasteiger partial charge in [-0.2, -0.15) is 0 Å².